The Hall–Kier alpha value is -3.04. The number of terminal acetylenes is 1. The highest BCUT2D eigenvalue weighted by atomic mass is 14.0. The molecule has 0 atom stereocenters. The average molecular weight is 282 g/mol. The summed E-state index contributed by atoms with van der Waals surface area (Å²) in [5.74, 6) is 2.53. The summed E-state index contributed by atoms with van der Waals surface area (Å²) in [6.45, 7) is 4.10. The number of rotatable bonds is 2. The molecule has 0 saturated heterocycles. The number of hydrogen-bond acceptors (Lipinski definition) is 0. The second-order valence-corrected chi connectivity index (χ2v) is 4.72. The third-order valence-electron chi connectivity index (χ3n) is 3.18. The predicted octanol–water partition coefficient (Wildman–Crippen LogP) is 5.42. The van der Waals surface area contributed by atoms with Crippen LogP contribution in [-0.2, 0) is 0 Å². The smallest absolute Gasteiger partial charge is 0.0242 e. The van der Waals surface area contributed by atoms with Crippen LogP contribution < -0.4 is 0 Å². The monoisotopic (exact) mass is 282 g/mol. The molecule has 3 aromatic rings. The van der Waals surface area contributed by atoms with Gasteiger partial charge < -0.3 is 0 Å². The van der Waals surface area contributed by atoms with E-state index in [4.69, 9.17) is 6.42 Å². The van der Waals surface area contributed by atoms with Gasteiger partial charge in [0.05, 0.1) is 0 Å². The second-order valence-electron chi connectivity index (χ2n) is 4.72. The maximum Gasteiger partial charge on any atom is 0.0242 e. The molecule has 22 heavy (non-hydrogen) atoms. The fourth-order valence-corrected chi connectivity index (χ4v) is 1.98. The molecule has 0 radical (unpaired) electrons. The van der Waals surface area contributed by atoms with Crippen molar-refractivity contribution in [3.63, 3.8) is 0 Å². The Bertz CT molecular complexity index is 691. The molecule has 0 saturated carbocycles. The van der Waals surface area contributed by atoms with Crippen LogP contribution in [-0.4, -0.2) is 0 Å². The quantitative estimate of drug-likeness (QED) is 0.551. The van der Waals surface area contributed by atoms with Crippen molar-refractivity contribution in [2.75, 3.05) is 0 Å². The van der Waals surface area contributed by atoms with Crippen molar-refractivity contribution in [3.8, 4) is 12.3 Å². The third-order valence-corrected chi connectivity index (χ3v) is 3.18. The minimum absolute atomic E-state index is 0.938. The Morgan fingerprint density at radius 3 is 1.32 bits per heavy atom. The first-order chi connectivity index (χ1) is 10.8. The van der Waals surface area contributed by atoms with Crippen molar-refractivity contribution in [1.82, 2.24) is 0 Å². The highest BCUT2D eigenvalue weighted by molar-refractivity contribution is 5.77. The van der Waals surface area contributed by atoms with Gasteiger partial charge in [-0.2, -0.15) is 0 Å². The Balaban J connectivity index is 0.000000188. The van der Waals surface area contributed by atoms with Gasteiger partial charge in [0.15, 0.2) is 0 Å². The van der Waals surface area contributed by atoms with Crippen molar-refractivity contribution in [1.29, 1.82) is 0 Å². The predicted molar refractivity (Wildman–Crippen MR) is 95.4 cm³/mol. The van der Waals surface area contributed by atoms with E-state index >= 15 is 0 Å². The Morgan fingerprint density at radius 2 is 1.00 bits per heavy atom. The van der Waals surface area contributed by atoms with E-state index in [1.807, 2.05) is 66.7 Å². The summed E-state index contributed by atoms with van der Waals surface area (Å²) < 4.78 is 0. The lowest BCUT2D eigenvalue weighted by Gasteiger charge is -2.04. The van der Waals surface area contributed by atoms with E-state index in [-0.39, 0.29) is 0 Å². The van der Waals surface area contributed by atoms with E-state index in [0.717, 1.165) is 11.1 Å². The fourth-order valence-electron chi connectivity index (χ4n) is 1.98. The average Bonchev–Trinajstić information content (AvgIpc) is 2.64. The molecule has 0 heterocycles. The first kappa shape index (κ1) is 15.4. The van der Waals surface area contributed by atoms with Gasteiger partial charge in [0.2, 0.25) is 0 Å². The molecule has 3 rings (SSSR count). The van der Waals surface area contributed by atoms with E-state index in [9.17, 15) is 0 Å². The zero-order chi connectivity index (χ0) is 15.6. The second kappa shape index (κ2) is 8.29. The Labute approximate surface area is 132 Å². The van der Waals surface area contributed by atoms with E-state index < -0.39 is 0 Å². The minimum atomic E-state index is 0.938. The zero-order valence-corrected chi connectivity index (χ0v) is 12.4. The molecule has 0 aliphatic heterocycles. The van der Waals surface area contributed by atoms with Gasteiger partial charge in [0, 0.05) is 5.56 Å². The SMILES string of the molecule is C#Cc1ccccc1.C=C(c1ccccc1)c1ccccc1. The summed E-state index contributed by atoms with van der Waals surface area (Å²) in [5, 5.41) is 0. The summed E-state index contributed by atoms with van der Waals surface area (Å²) in [7, 11) is 0. The topological polar surface area (TPSA) is 0 Å². The molecule has 106 valence electrons. The van der Waals surface area contributed by atoms with Crippen molar-refractivity contribution < 1.29 is 0 Å². The molecular formula is C22H18. The normalized spacial score (nSPS) is 9.05. The van der Waals surface area contributed by atoms with Gasteiger partial charge in [-0.05, 0) is 28.8 Å². The Kier molecular flexibility index (Phi) is 5.79. The van der Waals surface area contributed by atoms with Gasteiger partial charge in [-0.15, -0.1) is 6.42 Å². The molecule has 0 heteroatoms. The molecule has 0 bridgehead atoms. The van der Waals surface area contributed by atoms with Crippen LogP contribution in [0.4, 0.5) is 0 Å². The molecule has 3 aromatic carbocycles. The van der Waals surface area contributed by atoms with Gasteiger partial charge in [-0.3, -0.25) is 0 Å². The maximum atomic E-state index is 5.10. The van der Waals surface area contributed by atoms with Gasteiger partial charge >= 0.3 is 0 Å². The summed E-state index contributed by atoms with van der Waals surface area (Å²) in [6.07, 6.45) is 5.10. The summed E-state index contributed by atoms with van der Waals surface area (Å²) in [4.78, 5) is 0. The lowest BCUT2D eigenvalue weighted by Crippen LogP contribution is -1.84. The van der Waals surface area contributed by atoms with Crippen molar-refractivity contribution in [3.05, 3.63) is 114 Å². The highest BCUT2D eigenvalue weighted by Gasteiger charge is 1.99. The molecule has 0 aromatic heterocycles. The van der Waals surface area contributed by atoms with Crippen molar-refractivity contribution >= 4 is 5.57 Å². The van der Waals surface area contributed by atoms with Gasteiger partial charge in [-0.1, -0.05) is 91.4 Å². The van der Waals surface area contributed by atoms with Crippen LogP contribution in [0, 0.1) is 12.3 Å². The molecule has 0 unspecified atom stereocenters. The summed E-state index contributed by atoms with van der Waals surface area (Å²) >= 11 is 0. The molecule has 0 fully saturated rings. The van der Waals surface area contributed by atoms with Crippen LogP contribution in [0.25, 0.3) is 5.57 Å². The minimum Gasteiger partial charge on any atom is -0.115 e. The van der Waals surface area contributed by atoms with E-state index in [1.54, 1.807) is 0 Å². The first-order valence-corrected chi connectivity index (χ1v) is 7.12. The van der Waals surface area contributed by atoms with Crippen LogP contribution in [0.15, 0.2) is 97.6 Å². The Morgan fingerprint density at radius 1 is 0.636 bits per heavy atom. The maximum absolute atomic E-state index is 5.10. The standard InChI is InChI=1S/C14H12.C8H6/c1-12(13-8-4-2-5-9-13)14-10-6-3-7-11-14;1-2-8-6-4-3-5-7-8/h2-11H,1H2;1,3-7H. The van der Waals surface area contributed by atoms with Gasteiger partial charge in [0.1, 0.15) is 0 Å². The fraction of sp³-hybridized carbons (Fsp3) is 0. The van der Waals surface area contributed by atoms with E-state index in [1.165, 1.54) is 11.1 Å². The highest BCUT2D eigenvalue weighted by Crippen LogP contribution is 2.20. The van der Waals surface area contributed by atoms with Crippen molar-refractivity contribution in [2.45, 2.75) is 0 Å². The van der Waals surface area contributed by atoms with Crippen molar-refractivity contribution in [2.24, 2.45) is 0 Å². The third kappa shape index (κ3) is 4.51. The number of benzene rings is 3. The lowest BCUT2D eigenvalue weighted by molar-refractivity contribution is 1.56. The molecule has 0 aliphatic rings. The van der Waals surface area contributed by atoms with E-state index in [2.05, 4.69) is 36.8 Å². The first-order valence-electron chi connectivity index (χ1n) is 7.12. The van der Waals surface area contributed by atoms with Gasteiger partial charge in [0.25, 0.3) is 0 Å². The van der Waals surface area contributed by atoms with Crippen LogP contribution >= 0.6 is 0 Å². The van der Waals surface area contributed by atoms with Gasteiger partial charge in [-0.25, -0.2) is 0 Å². The molecule has 0 nitrogen and oxygen atoms in total. The largest absolute Gasteiger partial charge is 0.115 e. The molecule has 0 aliphatic carbocycles. The molecule has 0 spiro atoms. The summed E-state index contributed by atoms with van der Waals surface area (Å²) in [5.41, 5.74) is 4.37. The lowest BCUT2D eigenvalue weighted by atomic mass is 10.0. The van der Waals surface area contributed by atoms with E-state index in [0.29, 0.717) is 0 Å². The zero-order valence-electron chi connectivity index (χ0n) is 12.4. The summed E-state index contributed by atoms with van der Waals surface area (Å²) in [6, 6.07) is 30.1. The van der Waals surface area contributed by atoms with Crippen LogP contribution in [0.1, 0.15) is 16.7 Å². The molecule has 0 amide bonds. The number of hydrogen-bond donors (Lipinski definition) is 0. The van der Waals surface area contributed by atoms with Crippen LogP contribution in [0.2, 0.25) is 0 Å². The van der Waals surface area contributed by atoms with Crippen LogP contribution in [0.3, 0.4) is 0 Å². The molecular weight excluding hydrogens is 264 g/mol. The van der Waals surface area contributed by atoms with Crippen LogP contribution in [0.5, 0.6) is 0 Å². The molecule has 0 N–H and O–H groups in total.